The molecule has 108 valence electrons. The monoisotopic (exact) mass is 294 g/mol. The molecule has 0 aliphatic rings. The number of nitrogens with zero attached hydrogens (tertiary/aromatic N) is 1. The number of rotatable bonds is 5. The number of nitrogens with one attached hydrogen (secondary N) is 1. The van der Waals surface area contributed by atoms with Crippen LogP contribution in [0.15, 0.2) is 4.79 Å². The summed E-state index contributed by atoms with van der Waals surface area (Å²) in [6, 6.07) is 0. The van der Waals surface area contributed by atoms with Gasteiger partial charge in [-0.2, -0.15) is 0 Å². The third-order valence-corrected chi connectivity index (χ3v) is 4.30. The lowest BCUT2D eigenvalue weighted by Gasteiger charge is -2.01. The minimum atomic E-state index is -0.588. The second-order valence-corrected chi connectivity index (χ2v) is 5.51. The van der Waals surface area contributed by atoms with Crippen molar-refractivity contribution in [1.82, 2.24) is 9.97 Å². The van der Waals surface area contributed by atoms with Crippen molar-refractivity contribution >= 4 is 27.5 Å². The van der Waals surface area contributed by atoms with Crippen LogP contribution < -0.4 is 5.56 Å². The van der Waals surface area contributed by atoms with E-state index in [0.717, 1.165) is 24.8 Å². The number of aryl methyl sites for hydroxylation is 2. The number of H-pyrrole nitrogens is 1. The quantitative estimate of drug-likeness (QED) is 0.861. The number of ether oxygens (including phenoxy) is 1. The van der Waals surface area contributed by atoms with E-state index < -0.39 is 5.97 Å². The third kappa shape index (κ3) is 2.60. The van der Waals surface area contributed by atoms with Crippen LogP contribution in [-0.2, 0) is 17.6 Å². The molecule has 0 saturated heterocycles. The van der Waals surface area contributed by atoms with E-state index in [1.54, 1.807) is 6.92 Å². The van der Waals surface area contributed by atoms with Crippen LogP contribution >= 0.6 is 11.3 Å². The molecule has 0 unspecified atom stereocenters. The van der Waals surface area contributed by atoms with Gasteiger partial charge in [-0.15, -0.1) is 11.3 Å². The average Bonchev–Trinajstić information content (AvgIpc) is 2.78. The first kappa shape index (κ1) is 14.7. The summed E-state index contributed by atoms with van der Waals surface area (Å²) in [6.07, 6.45) is 2.69. The van der Waals surface area contributed by atoms with Crippen molar-refractivity contribution in [1.29, 1.82) is 0 Å². The molecule has 0 aromatic carbocycles. The van der Waals surface area contributed by atoms with Gasteiger partial charge in [0.1, 0.15) is 4.83 Å². The molecule has 1 N–H and O–H groups in total. The highest BCUT2D eigenvalue weighted by atomic mass is 32.1. The van der Waals surface area contributed by atoms with Crippen LogP contribution in [0, 0.1) is 0 Å². The van der Waals surface area contributed by atoms with Gasteiger partial charge in [-0.05, 0) is 25.3 Å². The van der Waals surface area contributed by atoms with E-state index in [9.17, 15) is 9.59 Å². The van der Waals surface area contributed by atoms with E-state index >= 15 is 0 Å². The molecule has 2 aromatic rings. The molecule has 0 saturated carbocycles. The number of hydrogen-bond acceptors (Lipinski definition) is 5. The fraction of sp³-hybridized carbons (Fsp3) is 0.500. The maximum Gasteiger partial charge on any atom is 0.374 e. The van der Waals surface area contributed by atoms with Gasteiger partial charge in [-0.3, -0.25) is 4.79 Å². The van der Waals surface area contributed by atoms with Gasteiger partial charge < -0.3 is 9.72 Å². The molecule has 2 heterocycles. The Balaban J connectivity index is 2.62. The summed E-state index contributed by atoms with van der Waals surface area (Å²) in [6.45, 7) is 6.11. The Hall–Kier alpha value is -1.69. The summed E-state index contributed by atoms with van der Waals surface area (Å²) in [5.41, 5.74) is 0.816. The number of fused-ring (bicyclic) bond motifs is 1. The molecule has 2 aromatic heterocycles. The molecular formula is C14H18N2O3S. The molecular weight excluding hydrogens is 276 g/mol. The minimum absolute atomic E-state index is 0.0173. The zero-order chi connectivity index (χ0) is 14.7. The Morgan fingerprint density at radius 3 is 2.70 bits per heavy atom. The molecule has 2 rings (SSSR count). The van der Waals surface area contributed by atoms with Crippen molar-refractivity contribution in [2.24, 2.45) is 0 Å². The van der Waals surface area contributed by atoms with Crippen molar-refractivity contribution in [2.45, 2.75) is 40.0 Å². The predicted octanol–water partition coefficient (Wildman–Crippen LogP) is 2.68. The Bertz CT molecular complexity index is 688. The van der Waals surface area contributed by atoms with Crippen molar-refractivity contribution in [3.05, 3.63) is 26.6 Å². The molecule has 0 bridgehead atoms. The second kappa shape index (κ2) is 6.17. The summed E-state index contributed by atoms with van der Waals surface area (Å²) in [4.78, 5) is 32.5. The van der Waals surface area contributed by atoms with Crippen LogP contribution in [-0.4, -0.2) is 22.5 Å². The fourth-order valence-corrected chi connectivity index (χ4v) is 3.37. The number of hydrogen-bond donors (Lipinski definition) is 1. The smallest absolute Gasteiger partial charge is 0.374 e. The van der Waals surface area contributed by atoms with Gasteiger partial charge in [0, 0.05) is 4.88 Å². The van der Waals surface area contributed by atoms with Gasteiger partial charge in [-0.1, -0.05) is 20.3 Å². The Kier molecular flexibility index (Phi) is 4.54. The van der Waals surface area contributed by atoms with Crippen molar-refractivity contribution < 1.29 is 9.53 Å². The standard InChI is InChI=1S/C14H18N2O3S/c1-4-7-8-9(5-2)20-13-10(8)12(17)15-11(16-13)14(18)19-6-3/h4-7H2,1-3H3,(H,15,16,17). The maximum absolute atomic E-state index is 12.2. The number of esters is 1. The van der Waals surface area contributed by atoms with Crippen LogP contribution in [0.2, 0.25) is 0 Å². The molecule has 5 nitrogen and oxygen atoms in total. The number of aromatic nitrogens is 2. The first-order chi connectivity index (χ1) is 9.62. The molecule has 0 atom stereocenters. The van der Waals surface area contributed by atoms with Crippen molar-refractivity contribution in [3.8, 4) is 0 Å². The van der Waals surface area contributed by atoms with Crippen LogP contribution in [0.4, 0.5) is 0 Å². The number of carbonyl (C=O) groups excluding carboxylic acids is 1. The van der Waals surface area contributed by atoms with Crippen LogP contribution in [0.1, 0.15) is 48.3 Å². The zero-order valence-corrected chi connectivity index (χ0v) is 12.7. The Labute approximate surface area is 121 Å². The zero-order valence-electron chi connectivity index (χ0n) is 11.9. The Morgan fingerprint density at radius 1 is 1.35 bits per heavy atom. The van der Waals surface area contributed by atoms with E-state index in [1.807, 2.05) is 0 Å². The normalized spacial score (nSPS) is 10.9. The molecule has 6 heteroatoms. The summed E-state index contributed by atoms with van der Waals surface area (Å²) < 4.78 is 4.88. The largest absolute Gasteiger partial charge is 0.460 e. The van der Waals surface area contributed by atoms with Crippen molar-refractivity contribution in [2.75, 3.05) is 6.61 Å². The average molecular weight is 294 g/mol. The summed E-state index contributed by atoms with van der Waals surface area (Å²) in [5, 5.41) is 0.627. The summed E-state index contributed by atoms with van der Waals surface area (Å²) in [5.74, 6) is -0.605. The van der Waals surface area contributed by atoms with Gasteiger partial charge in [-0.25, -0.2) is 9.78 Å². The van der Waals surface area contributed by atoms with Crippen LogP contribution in [0.25, 0.3) is 10.2 Å². The SMILES string of the molecule is CCCc1c(CC)sc2nc(C(=O)OCC)[nH]c(=O)c12. The minimum Gasteiger partial charge on any atom is -0.460 e. The first-order valence-electron chi connectivity index (χ1n) is 6.83. The van der Waals surface area contributed by atoms with Gasteiger partial charge in [0.15, 0.2) is 0 Å². The highest BCUT2D eigenvalue weighted by Crippen LogP contribution is 2.29. The highest BCUT2D eigenvalue weighted by Gasteiger charge is 2.18. The lowest BCUT2D eigenvalue weighted by atomic mass is 10.1. The van der Waals surface area contributed by atoms with Crippen molar-refractivity contribution in [3.63, 3.8) is 0 Å². The molecule has 0 amide bonds. The fourth-order valence-electron chi connectivity index (χ4n) is 2.21. The highest BCUT2D eigenvalue weighted by molar-refractivity contribution is 7.18. The van der Waals surface area contributed by atoms with E-state index in [4.69, 9.17) is 4.74 Å². The molecule has 0 aliphatic carbocycles. The van der Waals surface area contributed by atoms with E-state index in [0.29, 0.717) is 10.2 Å². The van der Waals surface area contributed by atoms with E-state index in [1.165, 1.54) is 16.2 Å². The van der Waals surface area contributed by atoms with Gasteiger partial charge >= 0.3 is 5.97 Å². The lowest BCUT2D eigenvalue weighted by Crippen LogP contribution is -2.17. The van der Waals surface area contributed by atoms with Crippen LogP contribution in [0.5, 0.6) is 0 Å². The van der Waals surface area contributed by atoms with E-state index in [-0.39, 0.29) is 18.0 Å². The van der Waals surface area contributed by atoms with Crippen LogP contribution in [0.3, 0.4) is 0 Å². The molecule has 0 radical (unpaired) electrons. The predicted molar refractivity (Wildman–Crippen MR) is 79.6 cm³/mol. The van der Waals surface area contributed by atoms with Gasteiger partial charge in [0.05, 0.1) is 12.0 Å². The maximum atomic E-state index is 12.2. The molecule has 0 spiro atoms. The lowest BCUT2D eigenvalue weighted by molar-refractivity contribution is 0.0512. The number of thiophene rings is 1. The number of carbonyl (C=O) groups is 1. The summed E-state index contributed by atoms with van der Waals surface area (Å²) >= 11 is 1.49. The molecule has 20 heavy (non-hydrogen) atoms. The second-order valence-electron chi connectivity index (χ2n) is 4.42. The topological polar surface area (TPSA) is 72.0 Å². The molecule has 0 aliphatic heterocycles. The Morgan fingerprint density at radius 2 is 2.10 bits per heavy atom. The van der Waals surface area contributed by atoms with E-state index in [2.05, 4.69) is 23.8 Å². The molecule has 0 fully saturated rings. The number of aromatic amines is 1. The third-order valence-electron chi connectivity index (χ3n) is 3.03. The first-order valence-corrected chi connectivity index (χ1v) is 7.65. The summed E-state index contributed by atoms with van der Waals surface area (Å²) in [7, 11) is 0. The van der Waals surface area contributed by atoms with Gasteiger partial charge in [0.2, 0.25) is 5.82 Å². The van der Waals surface area contributed by atoms with Gasteiger partial charge in [0.25, 0.3) is 5.56 Å².